The standard InChI is InChI=1S/C14H23N3O2S2/c1-4-6-16-12(18)10-9(15)11(20-3)13(21-10)17-7-5-14(2,19)8-17/h19H,4-8,15H2,1-3H3,(H,16,18). The van der Waals surface area contributed by atoms with Crippen LogP contribution in [0, 0.1) is 0 Å². The lowest BCUT2D eigenvalue weighted by Crippen LogP contribution is -2.29. The molecule has 1 unspecified atom stereocenters. The average Bonchev–Trinajstić information content (AvgIpc) is 2.95. The maximum absolute atomic E-state index is 12.2. The Labute approximate surface area is 133 Å². The number of rotatable bonds is 5. The number of nitrogens with zero attached hydrogens (tertiary/aromatic N) is 1. The fourth-order valence-electron chi connectivity index (χ4n) is 2.43. The molecule has 0 spiro atoms. The predicted molar refractivity (Wildman–Crippen MR) is 90.6 cm³/mol. The minimum absolute atomic E-state index is 0.105. The molecule has 1 aliphatic rings. The molecule has 1 saturated heterocycles. The Morgan fingerprint density at radius 3 is 2.86 bits per heavy atom. The smallest absolute Gasteiger partial charge is 0.263 e. The van der Waals surface area contributed by atoms with Gasteiger partial charge in [0.25, 0.3) is 5.91 Å². The maximum atomic E-state index is 12.2. The number of nitrogens with two attached hydrogens (primary N) is 1. The van der Waals surface area contributed by atoms with Crippen LogP contribution in [0.25, 0.3) is 0 Å². The van der Waals surface area contributed by atoms with Crippen LogP contribution in [0.15, 0.2) is 4.90 Å². The molecule has 7 heteroatoms. The summed E-state index contributed by atoms with van der Waals surface area (Å²) in [4.78, 5) is 15.8. The zero-order chi connectivity index (χ0) is 15.6. The molecule has 1 atom stereocenters. The molecule has 1 fully saturated rings. The quantitative estimate of drug-likeness (QED) is 0.722. The minimum atomic E-state index is -0.668. The van der Waals surface area contributed by atoms with E-state index < -0.39 is 5.60 Å². The van der Waals surface area contributed by atoms with Crippen LogP contribution >= 0.6 is 23.1 Å². The lowest BCUT2D eigenvalue weighted by molar-refractivity contribution is 0.0839. The van der Waals surface area contributed by atoms with Gasteiger partial charge in [-0.05, 0) is 26.0 Å². The summed E-state index contributed by atoms with van der Waals surface area (Å²) < 4.78 is 0. The molecule has 0 aromatic carbocycles. The van der Waals surface area contributed by atoms with Gasteiger partial charge in [-0.3, -0.25) is 4.79 Å². The summed E-state index contributed by atoms with van der Waals surface area (Å²) in [6.07, 6.45) is 3.59. The predicted octanol–water partition coefficient (Wildman–Crippen LogP) is 2.15. The maximum Gasteiger partial charge on any atom is 0.263 e. The number of thioether (sulfide) groups is 1. The molecule has 118 valence electrons. The van der Waals surface area contributed by atoms with Gasteiger partial charge >= 0.3 is 0 Å². The van der Waals surface area contributed by atoms with Gasteiger partial charge in [-0.2, -0.15) is 0 Å². The number of thiophene rings is 1. The second-order valence-electron chi connectivity index (χ2n) is 5.61. The summed E-state index contributed by atoms with van der Waals surface area (Å²) in [7, 11) is 0. The van der Waals surface area contributed by atoms with Gasteiger partial charge in [0.2, 0.25) is 0 Å². The van der Waals surface area contributed by atoms with E-state index in [0.29, 0.717) is 23.7 Å². The van der Waals surface area contributed by atoms with E-state index in [4.69, 9.17) is 5.73 Å². The molecule has 1 aliphatic heterocycles. The van der Waals surface area contributed by atoms with Crippen molar-refractivity contribution in [3.05, 3.63) is 4.88 Å². The van der Waals surface area contributed by atoms with Gasteiger partial charge < -0.3 is 21.1 Å². The Balaban J connectivity index is 2.28. The zero-order valence-corrected chi connectivity index (χ0v) is 14.4. The average molecular weight is 329 g/mol. The number of hydrogen-bond acceptors (Lipinski definition) is 6. The third kappa shape index (κ3) is 3.46. The van der Waals surface area contributed by atoms with Gasteiger partial charge in [0.15, 0.2) is 0 Å². The van der Waals surface area contributed by atoms with Gasteiger partial charge in [0, 0.05) is 19.6 Å². The molecule has 2 rings (SSSR count). The molecule has 0 radical (unpaired) electrons. The molecule has 1 aromatic rings. The Morgan fingerprint density at radius 1 is 1.62 bits per heavy atom. The first-order valence-electron chi connectivity index (χ1n) is 7.11. The van der Waals surface area contributed by atoms with Gasteiger partial charge in [-0.15, -0.1) is 23.1 Å². The highest BCUT2D eigenvalue weighted by molar-refractivity contribution is 7.99. The van der Waals surface area contributed by atoms with Gasteiger partial charge in [0.05, 0.1) is 16.2 Å². The molecule has 1 aromatic heterocycles. The van der Waals surface area contributed by atoms with Crippen molar-refractivity contribution >= 4 is 39.7 Å². The molecule has 5 nitrogen and oxygen atoms in total. The van der Waals surface area contributed by atoms with Crippen molar-refractivity contribution in [3.63, 3.8) is 0 Å². The molecule has 21 heavy (non-hydrogen) atoms. The SMILES string of the molecule is CCCNC(=O)c1sc(N2CCC(C)(O)C2)c(SC)c1N. The van der Waals surface area contributed by atoms with Crippen molar-refractivity contribution < 1.29 is 9.90 Å². The largest absolute Gasteiger partial charge is 0.396 e. The molecule has 0 bridgehead atoms. The minimum Gasteiger partial charge on any atom is -0.396 e. The first-order chi connectivity index (χ1) is 9.89. The molecule has 1 amide bonds. The van der Waals surface area contributed by atoms with Crippen molar-refractivity contribution in [1.82, 2.24) is 5.32 Å². The van der Waals surface area contributed by atoms with Crippen molar-refractivity contribution in [3.8, 4) is 0 Å². The number of amides is 1. The third-order valence-electron chi connectivity index (χ3n) is 3.57. The third-order valence-corrected chi connectivity index (χ3v) is 5.78. The normalized spacial score (nSPS) is 21.8. The van der Waals surface area contributed by atoms with Crippen LogP contribution in [0.1, 0.15) is 36.4 Å². The summed E-state index contributed by atoms with van der Waals surface area (Å²) in [5.74, 6) is -0.105. The van der Waals surface area contributed by atoms with Crippen LogP contribution in [0.2, 0.25) is 0 Å². The van der Waals surface area contributed by atoms with Crippen LogP contribution in [0.3, 0.4) is 0 Å². The molecular weight excluding hydrogens is 306 g/mol. The number of carbonyl (C=O) groups is 1. The monoisotopic (exact) mass is 329 g/mol. The summed E-state index contributed by atoms with van der Waals surface area (Å²) in [5, 5.41) is 14.0. The van der Waals surface area contributed by atoms with E-state index in [-0.39, 0.29) is 5.91 Å². The lowest BCUT2D eigenvalue weighted by Gasteiger charge is -2.20. The van der Waals surface area contributed by atoms with Crippen LogP contribution in [0.4, 0.5) is 10.7 Å². The van der Waals surface area contributed by atoms with E-state index in [1.165, 1.54) is 11.3 Å². The van der Waals surface area contributed by atoms with Crippen LogP contribution < -0.4 is 16.0 Å². The summed E-state index contributed by atoms with van der Waals surface area (Å²) in [6, 6.07) is 0. The zero-order valence-electron chi connectivity index (χ0n) is 12.7. The first-order valence-corrected chi connectivity index (χ1v) is 9.15. The second-order valence-corrected chi connectivity index (χ2v) is 7.42. The number of anilines is 2. The summed E-state index contributed by atoms with van der Waals surface area (Å²) in [5.41, 5.74) is 6.05. The Morgan fingerprint density at radius 2 is 2.33 bits per heavy atom. The number of hydrogen-bond donors (Lipinski definition) is 3. The number of β-amino-alcohol motifs (C(OH)–C–C–N with tert-alkyl or cyclic N) is 1. The van der Waals surface area contributed by atoms with E-state index in [9.17, 15) is 9.90 Å². The summed E-state index contributed by atoms with van der Waals surface area (Å²) in [6.45, 7) is 5.88. The topological polar surface area (TPSA) is 78.6 Å². The van der Waals surface area contributed by atoms with E-state index in [0.717, 1.165) is 29.3 Å². The first kappa shape index (κ1) is 16.5. The number of nitrogens with one attached hydrogen (secondary N) is 1. The Bertz CT molecular complexity index is 529. The Kier molecular flexibility index (Phi) is 5.06. The highest BCUT2D eigenvalue weighted by Gasteiger charge is 2.34. The number of carbonyl (C=O) groups excluding carboxylic acids is 1. The molecule has 0 saturated carbocycles. The van der Waals surface area contributed by atoms with Crippen LogP contribution in [0.5, 0.6) is 0 Å². The molecular formula is C14H23N3O2S2. The second kappa shape index (κ2) is 6.46. The van der Waals surface area contributed by atoms with E-state index in [1.807, 2.05) is 20.1 Å². The van der Waals surface area contributed by atoms with E-state index in [2.05, 4.69) is 10.2 Å². The van der Waals surface area contributed by atoms with Gasteiger partial charge in [-0.1, -0.05) is 6.92 Å². The number of nitrogen functional groups attached to an aromatic ring is 1. The Hall–Kier alpha value is -0.920. The van der Waals surface area contributed by atoms with Crippen LogP contribution in [-0.2, 0) is 0 Å². The van der Waals surface area contributed by atoms with Gasteiger partial charge in [-0.25, -0.2) is 0 Å². The highest BCUT2D eigenvalue weighted by atomic mass is 32.2. The van der Waals surface area contributed by atoms with Crippen molar-refractivity contribution in [2.75, 3.05) is 36.5 Å². The van der Waals surface area contributed by atoms with E-state index >= 15 is 0 Å². The fraction of sp³-hybridized carbons (Fsp3) is 0.643. The fourth-order valence-corrected chi connectivity index (χ4v) is 4.55. The van der Waals surface area contributed by atoms with Crippen molar-refractivity contribution in [2.45, 2.75) is 37.2 Å². The molecule has 2 heterocycles. The summed E-state index contributed by atoms with van der Waals surface area (Å²) >= 11 is 2.98. The van der Waals surface area contributed by atoms with Crippen molar-refractivity contribution in [2.24, 2.45) is 0 Å². The van der Waals surface area contributed by atoms with Gasteiger partial charge in [0.1, 0.15) is 9.88 Å². The van der Waals surface area contributed by atoms with E-state index in [1.54, 1.807) is 11.8 Å². The highest BCUT2D eigenvalue weighted by Crippen LogP contribution is 2.45. The molecule has 0 aliphatic carbocycles. The van der Waals surface area contributed by atoms with Crippen LogP contribution in [-0.4, -0.2) is 42.5 Å². The lowest BCUT2D eigenvalue weighted by atomic mass is 10.1. The molecule has 4 N–H and O–H groups in total. The number of aliphatic hydroxyl groups is 1. The van der Waals surface area contributed by atoms with Crippen molar-refractivity contribution in [1.29, 1.82) is 0 Å².